The molecule has 2 aliphatic rings. The highest BCUT2D eigenvalue weighted by Crippen LogP contribution is 2.19. The predicted octanol–water partition coefficient (Wildman–Crippen LogP) is 3.77. The summed E-state index contributed by atoms with van der Waals surface area (Å²) in [7, 11) is 0. The summed E-state index contributed by atoms with van der Waals surface area (Å²) < 4.78 is 15.5. The minimum absolute atomic E-state index is 0.229. The predicted molar refractivity (Wildman–Crippen MR) is 120 cm³/mol. The van der Waals surface area contributed by atoms with Gasteiger partial charge in [0, 0.05) is 19.0 Å². The van der Waals surface area contributed by atoms with Crippen molar-refractivity contribution in [1.29, 1.82) is 0 Å². The van der Waals surface area contributed by atoms with Gasteiger partial charge in [0.15, 0.2) is 5.48 Å². The first-order chi connectivity index (χ1) is 14.7. The van der Waals surface area contributed by atoms with Crippen molar-refractivity contribution in [2.45, 2.75) is 19.3 Å². The van der Waals surface area contributed by atoms with Crippen LogP contribution >= 0.6 is 0 Å². The summed E-state index contributed by atoms with van der Waals surface area (Å²) in [6.45, 7) is 4.33. The van der Waals surface area contributed by atoms with Crippen LogP contribution in [0.5, 0.6) is 0 Å². The van der Waals surface area contributed by atoms with Crippen LogP contribution in [0.3, 0.4) is 0 Å². The third kappa shape index (κ3) is 3.52. The molecule has 0 amide bonds. The van der Waals surface area contributed by atoms with Crippen molar-refractivity contribution >= 4 is 24.2 Å². The molecule has 3 aromatic rings. The van der Waals surface area contributed by atoms with E-state index in [4.69, 9.17) is 4.98 Å². The molecule has 1 aliphatic carbocycles. The molecule has 0 radical (unpaired) electrons. The molecule has 148 valence electrons. The van der Waals surface area contributed by atoms with Gasteiger partial charge in [0.25, 0.3) is 0 Å². The van der Waals surface area contributed by atoms with Crippen molar-refractivity contribution in [3.63, 3.8) is 0 Å². The van der Waals surface area contributed by atoms with Crippen molar-refractivity contribution in [2.75, 3.05) is 0 Å². The highest BCUT2D eigenvalue weighted by Gasteiger charge is 2.18. The number of imidazole rings is 1. The lowest BCUT2D eigenvalue weighted by molar-refractivity contribution is 0.627. The molecule has 1 aromatic heterocycles. The Morgan fingerprint density at radius 3 is 2.57 bits per heavy atom. The average molecular weight is 395 g/mol. The van der Waals surface area contributed by atoms with Gasteiger partial charge in [0.05, 0.1) is 22.4 Å². The number of benzene rings is 2. The molecule has 0 unspecified atom stereocenters. The molecule has 0 spiro atoms. The maximum Gasteiger partial charge on any atom is 0.157 e. The number of aromatic nitrogens is 2. The van der Waals surface area contributed by atoms with Crippen LogP contribution in [0.2, 0.25) is 0 Å². The van der Waals surface area contributed by atoms with Gasteiger partial charge in [-0.15, -0.1) is 0 Å². The van der Waals surface area contributed by atoms with Crippen molar-refractivity contribution in [1.82, 2.24) is 14.9 Å². The third-order valence-corrected chi connectivity index (χ3v) is 5.53. The molecule has 0 saturated heterocycles. The smallest absolute Gasteiger partial charge is 0.157 e. The van der Waals surface area contributed by atoms with Gasteiger partial charge in [-0.05, 0) is 29.7 Å². The van der Waals surface area contributed by atoms with Gasteiger partial charge in [-0.2, -0.15) is 0 Å². The topological polar surface area (TPSA) is 29.9 Å². The molecule has 2 aromatic carbocycles. The Kier molecular flexibility index (Phi) is 4.68. The SMILES string of the molecule is C=c1c(CC2=CC=CC2)nc2n1C=C(c1ccccc1)NC=2Cc1ccc(F)cc1. The van der Waals surface area contributed by atoms with Crippen LogP contribution in [0, 0.1) is 5.82 Å². The molecule has 5 rings (SSSR count). The quantitative estimate of drug-likeness (QED) is 0.713. The number of rotatable bonds is 5. The average Bonchev–Trinajstić information content (AvgIpc) is 3.39. The molecule has 1 aliphatic heterocycles. The van der Waals surface area contributed by atoms with E-state index in [1.54, 1.807) is 0 Å². The fraction of sp³-hybridized carbons (Fsp3) is 0.115. The van der Waals surface area contributed by atoms with E-state index in [0.717, 1.165) is 51.9 Å². The van der Waals surface area contributed by atoms with Gasteiger partial charge in [-0.1, -0.05) is 72.8 Å². The van der Waals surface area contributed by atoms with Gasteiger partial charge < -0.3 is 5.32 Å². The summed E-state index contributed by atoms with van der Waals surface area (Å²) in [6, 6.07) is 16.8. The van der Waals surface area contributed by atoms with Crippen LogP contribution < -0.4 is 16.1 Å². The largest absolute Gasteiger partial charge is 0.354 e. The van der Waals surface area contributed by atoms with E-state index in [-0.39, 0.29) is 5.82 Å². The summed E-state index contributed by atoms with van der Waals surface area (Å²) in [5.74, 6) is -0.229. The molecule has 0 atom stereocenters. The van der Waals surface area contributed by atoms with Crippen molar-refractivity contribution in [3.05, 3.63) is 112 Å². The summed E-state index contributed by atoms with van der Waals surface area (Å²) in [5, 5.41) is 4.48. The van der Waals surface area contributed by atoms with Crippen molar-refractivity contribution < 1.29 is 4.39 Å². The highest BCUT2D eigenvalue weighted by molar-refractivity contribution is 5.80. The molecule has 2 heterocycles. The summed E-state index contributed by atoms with van der Waals surface area (Å²) in [6.07, 6.45) is 10.9. The van der Waals surface area contributed by atoms with E-state index < -0.39 is 0 Å². The summed E-state index contributed by atoms with van der Waals surface area (Å²) in [4.78, 5) is 4.95. The van der Waals surface area contributed by atoms with Crippen LogP contribution in [-0.4, -0.2) is 9.55 Å². The summed E-state index contributed by atoms with van der Waals surface area (Å²) in [5.41, 5.74) is 7.30. The third-order valence-electron chi connectivity index (χ3n) is 5.53. The van der Waals surface area contributed by atoms with Crippen LogP contribution in [0.25, 0.3) is 24.2 Å². The monoisotopic (exact) mass is 395 g/mol. The lowest BCUT2D eigenvalue weighted by Crippen LogP contribution is -2.35. The standard InChI is InChI=1S/C26H22FN3/c1-18-23(15-19-7-5-6-8-19)29-26-24(16-20-11-13-22(27)14-12-20)28-25(17-30(18)26)21-9-3-2-4-10-21/h2-7,9-14,17,28H,1,8,15-16H2. The lowest BCUT2D eigenvalue weighted by Gasteiger charge is -2.19. The normalized spacial score (nSPS) is 14.9. The Morgan fingerprint density at radius 2 is 1.83 bits per heavy atom. The highest BCUT2D eigenvalue weighted by atomic mass is 19.1. The van der Waals surface area contributed by atoms with E-state index in [0.29, 0.717) is 6.42 Å². The summed E-state index contributed by atoms with van der Waals surface area (Å²) >= 11 is 0. The molecule has 0 saturated carbocycles. The first-order valence-electron chi connectivity index (χ1n) is 10.1. The number of nitrogens with zero attached hydrogens (tertiary/aromatic N) is 2. The zero-order valence-corrected chi connectivity index (χ0v) is 16.6. The minimum Gasteiger partial charge on any atom is -0.354 e. The van der Waals surface area contributed by atoms with Crippen LogP contribution in [0.4, 0.5) is 4.39 Å². The fourth-order valence-corrected chi connectivity index (χ4v) is 3.92. The van der Waals surface area contributed by atoms with E-state index in [1.807, 2.05) is 30.3 Å². The van der Waals surface area contributed by atoms with Crippen molar-refractivity contribution in [3.8, 4) is 0 Å². The van der Waals surface area contributed by atoms with Gasteiger partial charge in [-0.3, -0.25) is 4.57 Å². The molecule has 0 bridgehead atoms. The second kappa shape index (κ2) is 7.64. The van der Waals surface area contributed by atoms with Gasteiger partial charge >= 0.3 is 0 Å². The van der Waals surface area contributed by atoms with E-state index in [1.165, 1.54) is 17.7 Å². The van der Waals surface area contributed by atoms with E-state index in [2.05, 4.69) is 53.0 Å². The maximum atomic E-state index is 13.4. The van der Waals surface area contributed by atoms with Crippen LogP contribution in [-0.2, 0) is 12.8 Å². The van der Waals surface area contributed by atoms with Crippen LogP contribution in [0.1, 0.15) is 23.2 Å². The Hall–Kier alpha value is -3.66. The van der Waals surface area contributed by atoms with Gasteiger partial charge in [0.2, 0.25) is 0 Å². The second-order valence-electron chi connectivity index (χ2n) is 7.65. The minimum atomic E-state index is -0.229. The zero-order valence-electron chi connectivity index (χ0n) is 16.6. The fourth-order valence-electron chi connectivity index (χ4n) is 3.92. The number of allylic oxidation sites excluding steroid dienone is 4. The van der Waals surface area contributed by atoms with Crippen LogP contribution in [0.15, 0.2) is 78.4 Å². The maximum absolute atomic E-state index is 13.4. The molecule has 4 heteroatoms. The second-order valence-corrected chi connectivity index (χ2v) is 7.65. The molecule has 0 fully saturated rings. The lowest BCUT2D eigenvalue weighted by atomic mass is 10.1. The number of hydrogen-bond donors (Lipinski definition) is 1. The first-order valence-corrected chi connectivity index (χ1v) is 10.1. The van der Waals surface area contributed by atoms with Gasteiger partial charge in [-0.25, -0.2) is 9.37 Å². The number of fused-ring (bicyclic) bond motifs is 1. The zero-order chi connectivity index (χ0) is 20.5. The number of hydrogen-bond acceptors (Lipinski definition) is 2. The Bertz CT molecular complexity index is 1290. The number of nitrogens with one attached hydrogen (secondary N) is 1. The van der Waals surface area contributed by atoms with E-state index in [9.17, 15) is 4.39 Å². The van der Waals surface area contributed by atoms with Gasteiger partial charge in [0.1, 0.15) is 5.82 Å². The number of halogens is 1. The van der Waals surface area contributed by atoms with E-state index >= 15 is 0 Å². The molecule has 1 N–H and O–H groups in total. The molecular formula is C26H22FN3. The first kappa shape index (κ1) is 18.4. The Morgan fingerprint density at radius 1 is 1.03 bits per heavy atom. The molecular weight excluding hydrogens is 373 g/mol. The Labute approximate surface area is 174 Å². The Balaban J connectivity index is 1.60. The van der Waals surface area contributed by atoms with Crippen molar-refractivity contribution in [2.24, 2.45) is 0 Å². The molecule has 3 nitrogen and oxygen atoms in total. The molecule has 30 heavy (non-hydrogen) atoms.